The second-order valence-electron chi connectivity index (χ2n) is 2.79. The molecule has 5 heteroatoms. The molecule has 0 bridgehead atoms. The lowest BCUT2D eigenvalue weighted by Gasteiger charge is -2.22. The highest BCUT2D eigenvalue weighted by molar-refractivity contribution is 7.99. The van der Waals surface area contributed by atoms with Crippen molar-refractivity contribution in [1.29, 1.82) is 0 Å². The Labute approximate surface area is 80.1 Å². The zero-order valence-corrected chi connectivity index (χ0v) is 7.69. The monoisotopic (exact) mass is 199 g/mol. The Hall–Kier alpha value is -1.15. The molecule has 1 aliphatic heterocycles. The van der Waals surface area contributed by atoms with Crippen LogP contribution in [0, 0.1) is 12.3 Å². The van der Waals surface area contributed by atoms with E-state index >= 15 is 0 Å². The minimum atomic E-state index is -1.14. The predicted octanol–water partition coefficient (Wildman–Crippen LogP) is -0.304. The van der Waals surface area contributed by atoms with Crippen molar-refractivity contribution in [1.82, 2.24) is 5.32 Å². The highest BCUT2D eigenvalue weighted by Crippen LogP contribution is 2.28. The molecule has 0 aliphatic carbocycles. The van der Waals surface area contributed by atoms with Crippen molar-refractivity contribution in [3.8, 4) is 12.3 Å². The smallest absolute Gasteiger partial charge is 0.330 e. The summed E-state index contributed by atoms with van der Waals surface area (Å²) < 4.78 is 0. The van der Waals surface area contributed by atoms with E-state index in [1.807, 2.05) is 5.92 Å². The lowest BCUT2D eigenvalue weighted by atomic mass is 9.99. The summed E-state index contributed by atoms with van der Waals surface area (Å²) in [7, 11) is 0. The van der Waals surface area contributed by atoms with Gasteiger partial charge < -0.3 is 10.4 Å². The zero-order chi connectivity index (χ0) is 9.90. The van der Waals surface area contributed by atoms with E-state index in [9.17, 15) is 9.59 Å². The SMILES string of the molecule is C#CC(=O)NC1(C(=O)O)CCSC1. The molecule has 0 spiro atoms. The average molecular weight is 199 g/mol. The summed E-state index contributed by atoms with van der Waals surface area (Å²) in [4.78, 5) is 21.7. The van der Waals surface area contributed by atoms with Gasteiger partial charge in [0.05, 0.1) is 0 Å². The molecule has 1 fully saturated rings. The first-order chi connectivity index (χ1) is 6.10. The Morgan fingerprint density at radius 1 is 1.62 bits per heavy atom. The van der Waals surface area contributed by atoms with Gasteiger partial charge in [-0.15, -0.1) is 6.42 Å². The van der Waals surface area contributed by atoms with E-state index in [4.69, 9.17) is 11.5 Å². The first kappa shape index (κ1) is 9.93. The number of hydrogen-bond donors (Lipinski definition) is 2. The van der Waals surface area contributed by atoms with Crippen LogP contribution in [0.5, 0.6) is 0 Å². The standard InChI is InChI=1S/C8H9NO3S/c1-2-6(10)9-8(7(11)12)3-4-13-5-8/h1H,3-5H2,(H,9,10)(H,11,12). The molecule has 0 aromatic carbocycles. The van der Waals surface area contributed by atoms with Crippen molar-refractivity contribution in [2.75, 3.05) is 11.5 Å². The molecule has 1 amide bonds. The molecular formula is C8H9NO3S. The van der Waals surface area contributed by atoms with Gasteiger partial charge in [-0.25, -0.2) is 4.79 Å². The molecule has 1 aliphatic rings. The van der Waals surface area contributed by atoms with E-state index < -0.39 is 17.4 Å². The number of rotatable bonds is 2. The van der Waals surface area contributed by atoms with Crippen molar-refractivity contribution in [2.45, 2.75) is 12.0 Å². The molecule has 4 nitrogen and oxygen atoms in total. The summed E-state index contributed by atoms with van der Waals surface area (Å²) in [6.07, 6.45) is 5.28. The van der Waals surface area contributed by atoms with Gasteiger partial charge in [0.25, 0.3) is 5.91 Å². The van der Waals surface area contributed by atoms with E-state index in [-0.39, 0.29) is 0 Å². The van der Waals surface area contributed by atoms with Crippen LogP contribution in [-0.4, -0.2) is 34.0 Å². The number of carboxylic acid groups (broad SMARTS) is 1. The molecule has 1 heterocycles. The van der Waals surface area contributed by atoms with Gasteiger partial charge in [0.1, 0.15) is 5.54 Å². The summed E-state index contributed by atoms with van der Waals surface area (Å²) in [6, 6.07) is 0. The van der Waals surface area contributed by atoms with Crippen molar-refractivity contribution in [3.05, 3.63) is 0 Å². The van der Waals surface area contributed by atoms with Crippen LogP contribution in [0.25, 0.3) is 0 Å². The molecule has 0 radical (unpaired) electrons. The Bertz CT molecular complexity index is 276. The predicted molar refractivity (Wildman–Crippen MR) is 49.3 cm³/mol. The lowest BCUT2D eigenvalue weighted by molar-refractivity contribution is -0.145. The van der Waals surface area contributed by atoms with Crippen molar-refractivity contribution < 1.29 is 14.7 Å². The molecule has 2 N–H and O–H groups in total. The Morgan fingerprint density at radius 2 is 2.31 bits per heavy atom. The molecule has 1 saturated heterocycles. The third-order valence-electron chi connectivity index (χ3n) is 1.91. The number of terminal acetylenes is 1. The Morgan fingerprint density at radius 3 is 2.69 bits per heavy atom. The number of nitrogens with one attached hydrogen (secondary N) is 1. The maximum Gasteiger partial charge on any atom is 0.330 e. The second kappa shape index (κ2) is 3.71. The van der Waals surface area contributed by atoms with Crippen LogP contribution in [0.2, 0.25) is 0 Å². The van der Waals surface area contributed by atoms with Crippen LogP contribution in [-0.2, 0) is 9.59 Å². The van der Waals surface area contributed by atoms with Gasteiger partial charge in [0.2, 0.25) is 0 Å². The highest BCUT2D eigenvalue weighted by atomic mass is 32.2. The zero-order valence-electron chi connectivity index (χ0n) is 6.87. The number of carboxylic acids is 1. The van der Waals surface area contributed by atoms with Gasteiger partial charge in [-0.05, 0) is 18.1 Å². The minimum Gasteiger partial charge on any atom is -0.479 e. The first-order valence-electron chi connectivity index (χ1n) is 3.70. The lowest BCUT2D eigenvalue weighted by Crippen LogP contribution is -2.54. The largest absolute Gasteiger partial charge is 0.479 e. The maximum atomic E-state index is 10.9. The fraction of sp³-hybridized carbons (Fsp3) is 0.500. The van der Waals surface area contributed by atoms with E-state index in [1.54, 1.807) is 0 Å². The number of aliphatic carboxylic acids is 1. The molecule has 1 rings (SSSR count). The number of amides is 1. The third kappa shape index (κ3) is 1.95. The Kier molecular flexibility index (Phi) is 2.83. The van der Waals surface area contributed by atoms with Gasteiger partial charge in [0, 0.05) is 5.75 Å². The fourth-order valence-corrected chi connectivity index (χ4v) is 2.46. The maximum absolute atomic E-state index is 10.9. The van der Waals surface area contributed by atoms with Gasteiger partial charge in [-0.1, -0.05) is 0 Å². The van der Waals surface area contributed by atoms with E-state index in [1.165, 1.54) is 11.8 Å². The molecule has 0 aromatic rings. The average Bonchev–Trinajstić information content (AvgIpc) is 2.54. The second-order valence-corrected chi connectivity index (χ2v) is 3.89. The van der Waals surface area contributed by atoms with E-state index in [2.05, 4.69) is 5.32 Å². The van der Waals surface area contributed by atoms with Crippen molar-refractivity contribution in [3.63, 3.8) is 0 Å². The van der Waals surface area contributed by atoms with E-state index in [0.29, 0.717) is 12.2 Å². The quantitative estimate of drug-likeness (QED) is 0.599. The fourth-order valence-electron chi connectivity index (χ4n) is 1.14. The van der Waals surface area contributed by atoms with Gasteiger partial charge in [-0.2, -0.15) is 11.8 Å². The number of hydrogen-bond acceptors (Lipinski definition) is 3. The minimum absolute atomic E-state index is 0.385. The summed E-state index contributed by atoms with van der Waals surface area (Å²) in [6.45, 7) is 0. The van der Waals surface area contributed by atoms with Crippen LogP contribution in [0.3, 0.4) is 0 Å². The summed E-state index contributed by atoms with van der Waals surface area (Å²) in [5.74, 6) is 1.29. The molecule has 1 unspecified atom stereocenters. The Balaban J connectivity index is 2.75. The normalized spacial score (nSPS) is 26.4. The third-order valence-corrected chi connectivity index (χ3v) is 3.10. The van der Waals surface area contributed by atoms with Crippen LogP contribution in [0.4, 0.5) is 0 Å². The van der Waals surface area contributed by atoms with Gasteiger partial charge in [0.15, 0.2) is 0 Å². The van der Waals surface area contributed by atoms with Crippen LogP contribution < -0.4 is 5.32 Å². The molecule has 70 valence electrons. The molecule has 1 atom stereocenters. The van der Waals surface area contributed by atoms with Crippen LogP contribution in [0.1, 0.15) is 6.42 Å². The van der Waals surface area contributed by atoms with Gasteiger partial charge in [-0.3, -0.25) is 4.79 Å². The molecule has 13 heavy (non-hydrogen) atoms. The first-order valence-corrected chi connectivity index (χ1v) is 4.86. The molecular weight excluding hydrogens is 190 g/mol. The molecule has 0 aromatic heterocycles. The summed E-state index contributed by atoms with van der Waals surface area (Å²) >= 11 is 1.50. The van der Waals surface area contributed by atoms with Crippen LogP contribution in [0.15, 0.2) is 0 Å². The van der Waals surface area contributed by atoms with Crippen molar-refractivity contribution in [2.24, 2.45) is 0 Å². The number of thioether (sulfide) groups is 1. The summed E-state index contributed by atoms with van der Waals surface area (Å²) in [5.41, 5.74) is -1.14. The van der Waals surface area contributed by atoms with Crippen LogP contribution >= 0.6 is 11.8 Å². The van der Waals surface area contributed by atoms with E-state index in [0.717, 1.165) is 5.75 Å². The topological polar surface area (TPSA) is 66.4 Å². The van der Waals surface area contributed by atoms with Gasteiger partial charge >= 0.3 is 5.97 Å². The highest BCUT2D eigenvalue weighted by Gasteiger charge is 2.42. The molecule has 0 saturated carbocycles. The summed E-state index contributed by atoms with van der Waals surface area (Å²) in [5, 5.41) is 11.3. The number of carbonyl (C=O) groups is 2. The van der Waals surface area contributed by atoms with Crippen molar-refractivity contribution >= 4 is 23.6 Å². The number of carbonyl (C=O) groups excluding carboxylic acids is 1.